The van der Waals surface area contributed by atoms with Crippen LogP contribution in [0.25, 0.3) is 10.9 Å². The van der Waals surface area contributed by atoms with Gasteiger partial charge in [0.15, 0.2) is 11.6 Å². The summed E-state index contributed by atoms with van der Waals surface area (Å²) >= 11 is 1.88. The topological polar surface area (TPSA) is 86.4 Å². The number of carbonyl (C=O) groups is 1. The van der Waals surface area contributed by atoms with Gasteiger partial charge in [0.05, 0.1) is 0 Å². The smallest absolute Gasteiger partial charge is 0.303 e. The highest BCUT2D eigenvalue weighted by Crippen LogP contribution is 2.42. The molecule has 0 aliphatic carbocycles. The standard InChI is InChI=1S/C38H43F2N3O3S/c1-37(2)15-4-5-16-38(3,25-8-6-7-24(19-25)9-12-34(44)45)33-22-42-36(43-33)29-20-26(10-11-30(29)39)46-35-28(14-18-47-23-37)27-13-17-41-32(27)21-31(35)40/h6-8,10-11,13,17,19-22,36,41-43H,4-5,9,12,14-16,18,23H2,1-3H3,(H,44,45). The maximum absolute atomic E-state index is 15.6. The van der Waals surface area contributed by atoms with E-state index < -0.39 is 29.2 Å². The number of nitrogens with one attached hydrogen (secondary N) is 3. The maximum atomic E-state index is 15.6. The number of aromatic nitrogens is 1. The molecule has 2 aliphatic heterocycles. The second-order valence-electron chi connectivity index (χ2n) is 13.8. The number of halogens is 2. The number of aliphatic carboxylic acids is 1. The molecule has 3 heterocycles. The van der Waals surface area contributed by atoms with Crippen LogP contribution in [0.15, 0.2) is 72.7 Å². The number of fused-ring (bicyclic) bond motifs is 8. The first-order chi connectivity index (χ1) is 22.5. The molecule has 6 nitrogen and oxygen atoms in total. The van der Waals surface area contributed by atoms with Crippen LogP contribution < -0.4 is 15.4 Å². The van der Waals surface area contributed by atoms with Gasteiger partial charge in [-0.2, -0.15) is 11.8 Å². The zero-order valence-electron chi connectivity index (χ0n) is 27.2. The first-order valence-electron chi connectivity index (χ1n) is 16.4. The summed E-state index contributed by atoms with van der Waals surface area (Å²) in [6.45, 7) is 6.82. The lowest BCUT2D eigenvalue weighted by Crippen LogP contribution is -2.33. The molecular formula is C38H43F2N3O3S. The van der Waals surface area contributed by atoms with E-state index in [0.717, 1.165) is 70.5 Å². The molecule has 4 bridgehead atoms. The number of hydrogen-bond acceptors (Lipinski definition) is 5. The highest BCUT2D eigenvalue weighted by atomic mass is 32.2. The summed E-state index contributed by atoms with van der Waals surface area (Å²) in [6.07, 6.45) is 8.31. The summed E-state index contributed by atoms with van der Waals surface area (Å²) in [7, 11) is 0. The number of rotatable bonds is 4. The molecule has 47 heavy (non-hydrogen) atoms. The van der Waals surface area contributed by atoms with E-state index in [-0.39, 0.29) is 17.6 Å². The Morgan fingerprint density at radius 3 is 2.70 bits per heavy atom. The Kier molecular flexibility index (Phi) is 9.55. The van der Waals surface area contributed by atoms with E-state index in [1.165, 1.54) is 12.1 Å². The molecule has 0 radical (unpaired) electrons. The lowest BCUT2D eigenvalue weighted by Gasteiger charge is -2.34. The fourth-order valence-electron chi connectivity index (χ4n) is 6.83. The summed E-state index contributed by atoms with van der Waals surface area (Å²) < 4.78 is 37.3. The zero-order chi connectivity index (χ0) is 33.2. The lowest BCUT2D eigenvalue weighted by molar-refractivity contribution is -0.136. The summed E-state index contributed by atoms with van der Waals surface area (Å²) in [5.41, 5.74) is 4.58. The number of ether oxygens (including phenoxy) is 1. The SMILES string of the molecule is CC1(C)CCCCC(C)(c2cccc(CCC(=O)O)c2)C2=CNC(N2)c2cc(ccc2F)Oc2c(F)cc3[nH]ccc3c2CCSC1. The van der Waals surface area contributed by atoms with Crippen molar-refractivity contribution in [2.45, 2.75) is 77.3 Å². The molecule has 0 saturated heterocycles. The Balaban J connectivity index is 1.36. The number of thioether (sulfide) groups is 1. The Hall–Kier alpha value is -3.98. The van der Waals surface area contributed by atoms with Gasteiger partial charge >= 0.3 is 5.97 Å². The van der Waals surface area contributed by atoms with Crippen molar-refractivity contribution in [3.8, 4) is 11.5 Å². The van der Waals surface area contributed by atoms with Gasteiger partial charge in [-0.25, -0.2) is 8.78 Å². The fraction of sp³-hybridized carbons (Fsp3) is 0.395. The maximum Gasteiger partial charge on any atom is 0.303 e. The molecule has 0 saturated carbocycles. The number of H-pyrrole nitrogens is 1. The van der Waals surface area contributed by atoms with Crippen LogP contribution in [0.5, 0.6) is 11.5 Å². The number of benzene rings is 3. The second kappa shape index (κ2) is 13.6. The van der Waals surface area contributed by atoms with Gasteiger partial charge in [-0.05, 0) is 84.9 Å². The van der Waals surface area contributed by atoms with Crippen LogP contribution in [0.4, 0.5) is 8.78 Å². The molecule has 2 atom stereocenters. The fourth-order valence-corrected chi connectivity index (χ4v) is 8.02. The molecule has 4 N–H and O–H groups in total. The highest BCUT2D eigenvalue weighted by molar-refractivity contribution is 7.99. The van der Waals surface area contributed by atoms with E-state index in [4.69, 9.17) is 4.74 Å². The van der Waals surface area contributed by atoms with Crippen molar-refractivity contribution in [1.29, 1.82) is 0 Å². The van der Waals surface area contributed by atoms with Gasteiger partial charge in [0.25, 0.3) is 0 Å². The van der Waals surface area contributed by atoms with Crippen LogP contribution in [0.3, 0.4) is 0 Å². The lowest BCUT2D eigenvalue weighted by atomic mass is 9.74. The minimum atomic E-state index is -0.821. The Morgan fingerprint density at radius 2 is 1.87 bits per heavy atom. The number of aromatic amines is 1. The summed E-state index contributed by atoms with van der Waals surface area (Å²) in [5, 5.41) is 17.1. The van der Waals surface area contributed by atoms with Gasteiger partial charge < -0.3 is 25.5 Å². The van der Waals surface area contributed by atoms with Crippen LogP contribution in [0.2, 0.25) is 0 Å². The van der Waals surface area contributed by atoms with Gasteiger partial charge in [0.1, 0.15) is 17.7 Å². The third kappa shape index (κ3) is 7.30. The molecule has 2 unspecified atom stereocenters. The second-order valence-corrected chi connectivity index (χ2v) is 14.9. The highest BCUT2D eigenvalue weighted by Gasteiger charge is 2.36. The first kappa shape index (κ1) is 32.9. The summed E-state index contributed by atoms with van der Waals surface area (Å²) in [5.74, 6) is 0.650. The number of hydrogen-bond donors (Lipinski definition) is 4. The molecule has 6 rings (SSSR count). The molecular weight excluding hydrogens is 616 g/mol. The van der Waals surface area contributed by atoms with E-state index in [1.807, 2.05) is 42.4 Å². The van der Waals surface area contributed by atoms with E-state index in [1.54, 1.807) is 12.1 Å². The van der Waals surface area contributed by atoms with Gasteiger partial charge in [-0.15, -0.1) is 0 Å². The van der Waals surface area contributed by atoms with Crippen LogP contribution in [-0.2, 0) is 23.1 Å². The monoisotopic (exact) mass is 659 g/mol. The minimum Gasteiger partial charge on any atom is -0.481 e. The number of aryl methyl sites for hydroxylation is 2. The van der Waals surface area contributed by atoms with Gasteiger partial charge in [-0.1, -0.05) is 51.0 Å². The van der Waals surface area contributed by atoms with Crippen LogP contribution >= 0.6 is 11.8 Å². The molecule has 0 fully saturated rings. The number of carboxylic acids is 1. The van der Waals surface area contributed by atoms with E-state index >= 15 is 8.78 Å². The molecule has 4 aromatic rings. The van der Waals surface area contributed by atoms with Crippen molar-refractivity contribution < 1.29 is 23.4 Å². The van der Waals surface area contributed by atoms with Crippen molar-refractivity contribution >= 4 is 28.6 Å². The van der Waals surface area contributed by atoms with E-state index in [0.29, 0.717) is 24.2 Å². The third-order valence-electron chi connectivity index (χ3n) is 9.61. The first-order valence-corrected chi connectivity index (χ1v) is 17.6. The Bertz CT molecular complexity index is 1800. The third-order valence-corrected chi connectivity index (χ3v) is 11.1. The average Bonchev–Trinajstić information content (AvgIpc) is 3.73. The molecule has 1 aromatic heterocycles. The summed E-state index contributed by atoms with van der Waals surface area (Å²) in [4.78, 5) is 14.4. The van der Waals surface area contributed by atoms with Crippen molar-refractivity contribution in [2.75, 3.05) is 11.5 Å². The van der Waals surface area contributed by atoms with Crippen LogP contribution in [0, 0.1) is 17.0 Å². The van der Waals surface area contributed by atoms with Crippen LogP contribution in [-0.4, -0.2) is 27.6 Å². The van der Waals surface area contributed by atoms with E-state index in [2.05, 4.69) is 48.5 Å². The zero-order valence-corrected chi connectivity index (χ0v) is 28.0. The predicted molar refractivity (Wildman–Crippen MR) is 185 cm³/mol. The van der Waals surface area contributed by atoms with Gasteiger partial charge in [0, 0.05) is 58.0 Å². The molecule has 0 spiro atoms. The Labute approximate surface area is 279 Å². The van der Waals surface area contributed by atoms with Crippen molar-refractivity contribution in [3.63, 3.8) is 0 Å². The average molecular weight is 660 g/mol. The number of carboxylic acid groups (broad SMARTS) is 1. The molecule has 2 aliphatic rings. The molecule has 9 heteroatoms. The van der Waals surface area contributed by atoms with Crippen LogP contribution in [0.1, 0.15) is 81.3 Å². The van der Waals surface area contributed by atoms with Crippen molar-refractivity contribution in [1.82, 2.24) is 15.6 Å². The van der Waals surface area contributed by atoms with Gasteiger partial charge in [0.2, 0.25) is 0 Å². The Morgan fingerprint density at radius 1 is 1.04 bits per heavy atom. The quantitative estimate of drug-likeness (QED) is 0.175. The normalized spacial score (nSPS) is 21.6. The van der Waals surface area contributed by atoms with Crippen molar-refractivity contribution in [2.24, 2.45) is 5.41 Å². The molecule has 248 valence electrons. The molecule has 3 aromatic carbocycles. The summed E-state index contributed by atoms with van der Waals surface area (Å²) in [6, 6.07) is 16.1. The molecule has 0 amide bonds. The number of allylic oxidation sites excluding steroid dienone is 1. The largest absolute Gasteiger partial charge is 0.481 e. The van der Waals surface area contributed by atoms with Gasteiger partial charge in [-0.3, -0.25) is 4.79 Å². The van der Waals surface area contributed by atoms with Crippen molar-refractivity contribution in [3.05, 3.63) is 107 Å². The minimum absolute atomic E-state index is 0.0694. The predicted octanol–water partition coefficient (Wildman–Crippen LogP) is 9.12. The van der Waals surface area contributed by atoms with E-state index in [9.17, 15) is 9.90 Å².